The molecular weight excluding hydrogens is 481 g/mol. The van der Waals surface area contributed by atoms with Crippen LogP contribution in [0.1, 0.15) is 0 Å². The van der Waals surface area contributed by atoms with Gasteiger partial charge >= 0.3 is 6.03 Å². The normalized spacial score (nSPS) is 12.3. The molecule has 1 aromatic carbocycles. The predicted octanol–water partition coefficient (Wildman–Crippen LogP) is 3.55. The van der Waals surface area contributed by atoms with Crippen molar-refractivity contribution >= 4 is 86.4 Å². The van der Waals surface area contributed by atoms with Crippen LogP contribution < -0.4 is 16.0 Å². The summed E-state index contributed by atoms with van der Waals surface area (Å²) in [5.41, 5.74) is 0.808. The Kier molecular flexibility index (Phi) is 7.73. The first kappa shape index (κ1) is 19.8. The number of halogens is 4. The van der Waals surface area contributed by atoms with E-state index in [4.69, 9.17) is 47.0 Å². The van der Waals surface area contributed by atoms with Crippen LogP contribution in [0.25, 0.3) is 0 Å². The number of anilines is 1. The topological polar surface area (TPSA) is 56.4 Å². The third kappa shape index (κ3) is 6.49. The number of thiocarbonyl (C=S) groups is 1. The summed E-state index contributed by atoms with van der Waals surface area (Å²) in [6.45, 7) is 0. The molecule has 0 unspecified atom stereocenters. The summed E-state index contributed by atoms with van der Waals surface area (Å²) in [5, 5.41) is 8.53. The van der Waals surface area contributed by atoms with Gasteiger partial charge in [-0.15, -0.1) is 0 Å². The van der Waals surface area contributed by atoms with Gasteiger partial charge in [-0.2, -0.15) is 0 Å². The number of carbonyl (C=O) groups is 1. The molecule has 1 aromatic rings. The summed E-state index contributed by atoms with van der Waals surface area (Å²) in [6, 6.07) is 7.14. The number of carbonyl (C=O) groups excluding carboxylic acids is 1. The van der Waals surface area contributed by atoms with Gasteiger partial charge in [0.2, 0.25) is 3.79 Å². The summed E-state index contributed by atoms with van der Waals surface area (Å²) in [6.07, 6.45) is -0.992. The van der Waals surface area contributed by atoms with Gasteiger partial charge < -0.3 is 20.9 Å². The zero-order valence-corrected chi connectivity index (χ0v) is 16.9. The number of hydrogen-bond acceptors (Lipinski definition) is 2. The molecule has 10 heteroatoms. The molecule has 1 rings (SSSR count). The zero-order valence-electron chi connectivity index (χ0n) is 11.7. The molecule has 0 radical (unpaired) electrons. The van der Waals surface area contributed by atoms with E-state index in [9.17, 15) is 4.79 Å². The number of nitrogens with zero attached hydrogens (tertiary/aromatic N) is 1. The lowest BCUT2D eigenvalue weighted by Crippen LogP contribution is -2.57. The van der Waals surface area contributed by atoms with Gasteiger partial charge in [0.1, 0.15) is 0 Å². The summed E-state index contributed by atoms with van der Waals surface area (Å²) >= 11 is 25.0. The van der Waals surface area contributed by atoms with Crippen LogP contribution in [0.2, 0.25) is 0 Å². The molecule has 0 fully saturated rings. The van der Waals surface area contributed by atoms with Crippen molar-refractivity contribution in [2.75, 3.05) is 19.4 Å². The molecule has 3 N–H and O–H groups in total. The molecule has 0 bridgehead atoms. The van der Waals surface area contributed by atoms with E-state index in [0.717, 1.165) is 9.26 Å². The highest BCUT2D eigenvalue weighted by atomic mass is 127. The summed E-state index contributed by atoms with van der Waals surface area (Å²) in [5.74, 6) is 0. The fourth-order valence-corrected chi connectivity index (χ4v) is 2.38. The van der Waals surface area contributed by atoms with Crippen LogP contribution in [0.15, 0.2) is 24.3 Å². The van der Waals surface area contributed by atoms with Gasteiger partial charge in [0.15, 0.2) is 11.3 Å². The predicted molar refractivity (Wildman–Crippen MR) is 105 cm³/mol. The van der Waals surface area contributed by atoms with E-state index in [-0.39, 0.29) is 5.11 Å². The standard InChI is InChI=1S/C12H14Cl3IN4OS/c1-20(2)11(21)19-9(12(13,14)15)18-10(22)17-8-6-4-3-5-7(8)16/h3-6,9H,1-2H3,(H,19,21)(H2,17,18,22)/t9-/m1/s1. The molecule has 0 spiro atoms. The monoisotopic (exact) mass is 494 g/mol. The van der Waals surface area contributed by atoms with Gasteiger partial charge in [-0.05, 0) is 46.9 Å². The molecule has 0 aromatic heterocycles. The number of hydrogen-bond donors (Lipinski definition) is 3. The van der Waals surface area contributed by atoms with E-state index in [1.54, 1.807) is 14.1 Å². The third-order valence-corrected chi connectivity index (χ3v) is 4.21. The van der Waals surface area contributed by atoms with E-state index >= 15 is 0 Å². The number of benzene rings is 1. The average Bonchev–Trinajstić information content (AvgIpc) is 2.39. The number of rotatable bonds is 3. The van der Waals surface area contributed by atoms with Crippen molar-refractivity contribution in [3.63, 3.8) is 0 Å². The van der Waals surface area contributed by atoms with Crippen LogP contribution >= 0.6 is 69.6 Å². The minimum absolute atomic E-state index is 0.222. The molecule has 0 aliphatic rings. The Morgan fingerprint density at radius 1 is 1.27 bits per heavy atom. The minimum Gasteiger partial charge on any atom is -0.339 e. The van der Waals surface area contributed by atoms with Crippen molar-refractivity contribution in [3.05, 3.63) is 27.8 Å². The molecule has 0 aliphatic carbocycles. The first-order valence-electron chi connectivity index (χ1n) is 5.98. The molecule has 22 heavy (non-hydrogen) atoms. The van der Waals surface area contributed by atoms with Gasteiger partial charge in [0.05, 0.1) is 5.69 Å². The third-order valence-electron chi connectivity index (χ3n) is 2.40. The lowest BCUT2D eigenvalue weighted by atomic mass is 10.3. The second-order valence-corrected chi connectivity index (χ2v) is 8.34. The first-order valence-corrected chi connectivity index (χ1v) is 8.60. The van der Waals surface area contributed by atoms with Gasteiger partial charge in [-0.3, -0.25) is 0 Å². The first-order chi connectivity index (χ1) is 10.1. The summed E-state index contributed by atoms with van der Waals surface area (Å²) in [7, 11) is 3.15. The molecule has 2 amide bonds. The number of amides is 2. The number of urea groups is 1. The maximum atomic E-state index is 11.7. The smallest absolute Gasteiger partial charge is 0.318 e. The Morgan fingerprint density at radius 3 is 2.36 bits per heavy atom. The maximum Gasteiger partial charge on any atom is 0.318 e. The van der Waals surface area contributed by atoms with Crippen molar-refractivity contribution in [3.8, 4) is 0 Å². The summed E-state index contributed by atoms with van der Waals surface area (Å²) < 4.78 is -0.798. The maximum absolute atomic E-state index is 11.7. The van der Waals surface area contributed by atoms with Crippen molar-refractivity contribution in [2.24, 2.45) is 0 Å². The fourth-order valence-electron chi connectivity index (χ4n) is 1.30. The van der Waals surface area contributed by atoms with Crippen LogP contribution in [-0.2, 0) is 0 Å². The molecule has 0 saturated heterocycles. The lowest BCUT2D eigenvalue weighted by Gasteiger charge is -2.29. The Balaban J connectivity index is 2.75. The highest BCUT2D eigenvalue weighted by molar-refractivity contribution is 14.1. The SMILES string of the molecule is CN(C)C(=O)N[C@@H](NC(=S)Nc1ccccc1I)C(Cl)(Cl)Cl. The molecule has 0 aliphatic heterocycles. The zero-order chi connectivity index (χ0) is 16.9. The van der Waals surface area contributed by atoms with Crippen LogP contribution in [0, 0.1) is 3.57 Å². The van der Waals surface area contributed by atoms with Crippen LogP contribution in [0.3, 0.4) is 0 Å². The number of nitrogens with one attached hydrogen (secondary N) is 3. The highest BCUT2D eigenvalue weighted by Crippen LogP contribution is 2.29. The highest BCUT2D eigenvalue weighted by Gasteiger charge is 2.35. The van der Waals surface area contributed by atoms with Gasteiger partial charge in [0.25, 0.3) is 0 Å². The quantitative estimate of drug-likeness (QED) is 0.260. The van der Waals surface area contributed by atoms with Crippen molar-refractivity contribution in [1.29, 1.82) is 0 Å². The van der Waals surface area contributed by atoms with Gasteiger partial charge in [0, 0.05) is 17.7 Å². The van der Waals surface area contributed by atoms with E-state index in [2.05, 4.69) is 38.5 Å². The van der Waals surface area contributed by atoms with Crippen molar-refractivity contribution in [2.45, 2.75) is 9.96 Å². The van der Waals surface area contributed by atoms with Gasteiger partial charge in [-0.1, -0.05) is 46.9 Å². The van der Waals surface area contributed by atoms with E-state index in [1.165, 1.54) is 4.90 Å². The largest absolute Gasteiger partial charge is 0.339 e. The summed E-state index contributed by atoms with van der Waals surface area (Å²) in [4.78, 5) is 13.0. The van der Waals surface area contributed by atoms with Crippen molar-refractivity contribution in [1.82, 2.24) is 15.5 Å². The van der Waals surface area contributed by atoms with Crippen LogP contribution in [0.5, 0.6) is 0 Å². The second-order valence-electron chi connectivity index (χ2n) is 4.40. The number of alkyl halides is 3. The van der Waals surface area contributed by atoms with E-state index < -0.39 is 16.0 Å². The Morgan fingerprint density at radius 2 is 1.86 bits per heavy atom. The Labute approximate surface area is 163 Å². The molecule has 1 atom stereocenters. The average molecular weight is 496 g/mol. The van der Waals surface area contributed by atoms with E-state index in [1.807, 2.05) is 24.3 Å². The molecule has 0 saturated carbocycles. The van der Waals surface area contributed by atoms with E-state index in [0.29, 0.717) is 0 Å². The Bertz CT molecular complexity index is 553. The fraction of sp³-hybridized carbons (Fsp3) is 0.333. The van der Waals surface area contributed by atoms with Crippen LogP contribution in [0.4, 0.5) is 10.5 Å². The molecule has 5 nitrogen and oxygen atoms in total. The van der Waals surface area contributed by atoms with Crippen LogP contribution in [-0.4, -0.2) is 40.1 Å². The molecular formula is C12H14Cl3IN4OS. The van der Waals surface area contributed by atoms with Gasteiger partial charge in [-0.25, -0.2) is 4.79 Å². The van der Waals surface area contributed by atoms with Crippen molar-refractivity contribution < 1.29 is 4.79 Å². The number of para-hydroxylation sites is 1. The molecule has 122 valence electrons. The second kappa shape index (κ2) is 8.58. The Hall–Kier alpha value is -0.220. The lowest BCUT2D eigenvalue weighted by molar-refractivity contribution is 0.212. The molecule has 0 heterocycles. The minimum atomic E-state index is -1.78.